The molecule has 1 unspecified atom stereocenters. The molecule has 0 saturated heterocycles. The van der Waals surface area contributed by atoms with E-state index in [0.29, 0.717) is 0 Å². The lowest BCUT2D eigenvalue weighted by Crippen LogP contribution is -2.51. The fraction of sp³-hybridized carbons (Fsp3) is 0.800. The minimum atomic E-state index is -4.83. The van der Waals surface area contributed by atoms with Crippen LogP contribution in [0.15, 0.2) is 0 Å². The number of amides is 1. The lowest BCUT2D eigenvalue weighted by molar-refractivity contribution is -0.172. The first kappa shape index (κ1) is 16.7. The summed E-state index contributed by atoms with van der Waals surface area (Å²) in [4.78, 5) is 22.2. The van der Waals surface area contributed by atoms with Gasteiger partial charge in [-0.3, -0.25) is 4.79 Å². The van der Waals surface area contributed by atoms with Gasteiger partial charge >= 0.3 is 18.3 Å². The molecule has 0 aromatic rings. The Bertz CT molecular complexity index is 307. The van der Waals surface area contributed by atoms with Gasteiger partial charge in [0, 0.05) is 0 Å². The molecular formula is C10H15F4NO3. The van der Waals surface area contributed by atoms with E-state index in [4.69, 9.17) is 0 Å². The zero-order valence-corrected chi connectivity index (χ0v) is 10.2. The highest BCUT2D eigenvalue weighted by Crippen LogP contribution is 2.23. The van der Waals surface area contributed by atoms with Gasteiger partial charge in [-0.05, 0) is 12.3 Å². The number of rotatable bonds is 6. The van der Waals surface area contributed by atoms with Gasteiger partial charge in [-0.15, -0.1) is 0 Å². The molecule has 0 fully saturated rings. The average molecular weight is 273 g/mol. The zero-order valence-electron chi connectivity index (χ0n) is 10.2. The number of hydrogen-bond acceptors (Lipinski definition) is 3. The van der Waals surface area contributed by atoms with Crippen molar-refractivity contribution in [3.05, 3.63) is 0 Å². The Kier molecular flexibility index (Phi) is 6.07. The van der Waals surface area contributed by atoms with E-state index in [0.717, 1.165) is 7.11 Å². The highest BCUT2D eigenvalue weighted by Gasteiger charge is 2.49. The summed E-state index contributed by atoms with van der Waals surface area (Å²) in [5.74, 6) is -8.09. The normalized spacial score (nSPS) is 13.6. The smallest absolute Gasteiger partial charge is 0.383 e. The van der Waals surface area contributed by atoms with Crippen molar-refractivity contribution in [1.82, 2.24) is 5.32 Å². The predicted octanol–water partition coefficient (Wildman–Crippen LogP) is 1.59. The number of esters is 1. The summed E-state index contributed by atoms with van der Waals surface area (Å²) in [5, 5.41) is 1.58. The lowest BCUT2D eigenvalue weighted by Gasteiger charge is -2.21. The van der Waals surface area contributed by atoms with Gasteiger partial charge in [-0.1, -0.05) is 13.8 Å². The van der Waals surface area contributed by atoms with Crippen LogP contribution in [0.2, 0.25) is 0 Å². The Balaban J connectivity index is 4.78. The summed E-state index contributed by atoms with van der Waals surface area (Å²) in [6.07, 6.45) is -4.12. The maximum atomic E-state index is 12.7. The largest absolute Gasteiger partial charge is 0.467 e. The predicted molar refractivity (Wildman–Crippen MR) is 54.4 cm³/mol. The van der Waals surface area contributed by atoms with Gasteiger partial charge in [0.15, 0.2) is 0 Å². The molecule has 0 bridgehead atoms. The van der Waals surface area contributed by atoms with Crippen LogP contribution >= 0.6 is 0 Å². The minimum absolute atomic E-state index is 0.0116. The zero-order chi connectivity index (χ0) is 14.5. The van der Waals surface area contributed by atoms with Crippen molar-refractivity contribution < 1.29 is 31.9 Å². The fourth-order valence-electron chi connectivity index (χ4n) is 1.18. The molecule has 1 amide bonds. The number of alkyl halides is 4. The van der Waals surface area contributed by atoms with E-state index in [2.05, 4.69) is 4.74 Å². The molecule has 18 heavy (non-hydrogen) atoms. The van der Waals surface area contributed by atoms with E-state index in [9.17, 15) is 27.2 Å². The van der Waals surface area contributed by atoms with Crippen LogP contribution in [0.3, 0.4) is 0 Å². The Morgan fingerprint density at radius 3 is 2.11 bits per heavy atom. The fourth-order valence-corrected chi connectivity index (χ4v) is 1.18. The summed E-state index contributed by atoms with van der Waals surface area (Å²) >= 11 is 0. The molecule has 0 rings (SSSR count). The molecule has 1 atom stereocenters. The van der Waals surface area contributed by atoms with Crippen LogP contribution in [0.4, 0.5) is 17.6 Å². The van der Waals surface area contributed by atoms with E-state index in [1.54, 1.807) is 19.2 Å². The van der Waals surface area contributed by atoms with Crippen molar-refractivity contribution in [2.45, 2.75) is 38.7 Å². The second kappa shape index (κ2) is 6.55. The van der Waals surface area contributed by atoms with Crippen LogP contribution in [0.25, 0.3) is 0 Å². The van der Waals surface area contributed by atoms with Crippen molar-refractivity contribution in [1.29, 1.82) is 0 Å². The van der Waals surface area contributed by atoms with Crippen molar-refractivity contribution >= 4 is 11.9 Å². The summed E-state index contributed by atoms with van der Waals surface area (Å²) in [5.41, 5.74) is 0. The SMILES string of the molecule is COC(=O)C(CC(C)C)NC(=O)C(F)(F)C(F)F. The number of ether oxygens (including phenoxy) is 1. The van der Waals surface area contributed by atoms with Crippen LogP contribution in [0.5, 0.6) is 0 Å². The first-order chi connectivity index (χ1) is 8.12. The molecule has 8 heteroatoms. The molecule has 0 heterocycles. The second-order valence-corrected chi connectivity index (χ2v) is 4.10. The van der Waals surface area contributed by atoms with E-state index >= 15 is 0 Å². The Morgan fingerprint density at radius 2 is 1.78 bits per heavy atom. The molecule has 0 saturated carbocycles. The topological polar surface area (TPSA) is 55.4 Å². The van der Waals surface area contributed by atoms with Crippen molar-refractivity contribution in [2.24, 2.45) is 5.92 Å². The Labute approximate surface area is 102 Å². The van der Waals surface area contributed by atoms with E-state index in [1.165, 1.54) is 0 Å². The minimum Gasteiger partial charge on any atom is -0.467 e. The first-order valence-corrected chi connectivity index (χ1v) is 5.17. The molecular weight excluding hydrogens is 258 g/mol. The molecule has 0 aliphatic carbocycles. The molecule has 0 aliphatic heterocycles. The highest BCUT2D eigenvalue weighted by molar-refractivity contribution is 5.88. The molecule has 1 N–H and O–H groups in total. The van der Waals surface area contributed by atoms with Gasteiger partial charge in [0.2, 0.25) is 0 Å². The Morgan fingerprint density at radius 1 is 1.28 bits per heavy atom. The summed E-state index contributed by atoms with van der Waals surface area (Å²) < 4.78 is 53.5. The number of methoxy groups -OCH3 is 1. The molecule has 106 valence electrons. The highest BCUT2D eigenvalue weighted by atomic mass is 19.3. The summed E-state index contributed by atoms with van der Waals surface area (Å²) in [6, 6.07) is -1.37. The Hall–Kier alpha value is -1.34. The summed E-state index contributed by atoms with van der Waals surface area (Å²) in [7, 11) is 1.01. The quantitative estimate of drug-likeness (QED) is 0.590. The van der Waals surface area contributed by atoms with E-state index < -0.39 is 30.3 Å². The van der Waals surface area contributed by atoms with Crippen molar-refractivity contribution in [2.75, 3.05) is 7.11 Å². The molecule has 0 aromatic heterocycles. The maximum Gasteiger partial charge on any atom is 0.383 e. The van der Waals surface area contributed by atoms with Crippen LogP contribution in [0.1, 0.15) is 20.3 Å². The number of hydrogen-bond donors (Lipinski definition) is 1. The maximum absolute atomic E-state index is 12.7. The summed E-state index contributed by atoms with van der Waals surface area (Å²) in [6.45, 7) is 3.35. The van der Waals surface area contributed by atoms with Crippen LogP contribution in [-0.2, 0) is 14.3 Å². The standard InChI is InChI=1S/C10H15F4NO3/c1-5(2)4-6(7(16)18-3)15-9(17)10(13,14)8(11)12/h5-6,8H,4H2,1-3H3,(H,15,17). The van der Waals surface area contributed by atoms with E-state index in [1.807, 2.05) is 0 Å². The third-order valence-corrected chi connectivity index (χ3v) is 2.07. The van der Waals surface area contributed by atoms with Crippen molar-refractivity contribution in [3.63, 3.8) is 0 Å². The number of carbonyl (C=O) groups excluding carboxylic acids is 2. The van der Waals surface area contributed by atoms with Crippen LogP contribution in [-0.4, -0.2) is 37.4 Å². The first-order valence-electron chi connectivity index (χ1n) is 5.17. The number of nitrogens with one attached hydrogen (secondary N) is 1. The van der Waals surface area contributed by atoms with Crippen LogP contribution in [0, 0.1) is 5.92 Å². The molecule has 4 nitrogen and oxygen atoms in total. The molecule has 0 aromatic carbocycles. The van der Waals surface area contributed by atoms with Crippen molar-refractivity contribution in [3.8, 4) is 0 Å². The molecule has 0 radical (unpaired) electrons. The van der Waals surface area contributed by atoms with Gasteiger partial charge in [0.25, 0.3) is 5.91 Å². The van der Waals surface area contributed by atoms with Gasteiger partial charge < -0.3 is 10.1 Å². The third kappa shape index (κ3) is 4.50. The van der Waals surface area contributed by atoms with Gasteiger partial charge in [0.05, 0.1) is 7.11 Å². The van der Waals surface area contributed by atoms with E-state index in [-0.39, 0.29) is 12.3 Å². The van der Waals surface area contributed by atoms with Gasteiger partial charge in [0.1, 0.15) is 6.04 Å². The van der Waals surface area contributed by atoms with Gasteiger partial charge in [-0.25, -0.2) is 13.6 Å². The molecule has 0 aliphatic rings. The van der Waals surface area contributed by atoms with Gasteiger partial charge in [-0.2, -0.15) is 8.78 Å². The molecule has 0 spiro atoms. The number of halogens is 4. The average Bonchev–Trinajstić information content (AvgIpc) is 2.25. The third-order valence-electron chi connectivity index (χ3n) is 2.07. The number of carbonyl (C=O) groups is 2. The second-order valence-electron chi connectivity index (χ2n) is 4.10. The monoisotopic (exact) mass is 273 g/mol. The lowest BCUT2D eigenvalue weighted by atomic mass is 10.0. The van der Waals surface area contributed by atoms with Crippen LogP contribution < -0.4 is 5.32 Å².